The maximum absolute atomic E-state index is 11.3. The monoisotopic (exact) mass is 203 g/mol. The van der Waals surface area contributed by atoms with Gasteiger partial charge in [0.15, 0.2) is 5.78 Å². The van der Waals surface area contributed by atoms with Crippen LogP contribution in [0, 0.1) is 11.3 Å². The van der Waals surface area contributed by atoms with Gasteiger partial charge in [0.05, 0.1) is 18.7 Å². The summed E-state index contributed by atoms with van der Waals surface area (Å²) in [5.74, 6) is 0.550. The van der Waals surface area contributed by atoms with E-state index in [1.54, 1.807) is 19.2 Å². The Morgan fingerprint density at radius 3 is 2.60 bits per heavy atom. The number of benzene rings is 1. The summed E-state index contributed by atoms with van der Waals surface area (Å²) in [6.07, 6.45) is 0.774. The number of nitrogens with zero attached hydrogens (tertiary/aromatic N) is 1. The van der Waals surface area contributed by atoms with Crippen molar-refractivity contribution in [2.24, 2.45) is 0 Å². The number of ketones is 1. The maximum atomic E-state index is 11.3. The van der Waals surface area contributed by atoms with Crippen LogP contribution in [0.3, 0.4) is 0 Å². The van der Waals surface area contributed by atoms with Crippen molar-refractivity contribution < 1.29 is 9.53 Å². The van der Waals surface area contributed by atoms with Crippen LogP contribution in [0.25, 0.3) is 0 Å². The summed E-state index contributed by atoms with van der Waals surface area (Å²) in [7, 11) is 1.56. The standard InChI is InChI=1S/C12H13NO2/c1-4-9-5-10(7-13)11(8(2)14)6-12(9)15-3/h5-6H,4H2,1-3H3. The third kappa shape index (κ3) is 2.16. The molecular formula is C12H13NO2. The Bertz CT molecular complexity index is 430. The number of Topliss-reactive ketones (excluding diaryl/α,β-unsaturated/α-hetero) is 1. The van der Waals surface area contributed by atoms with Crippen molar-refractivity contribution in [3.63, 3.8) is 0 Å². The molecule has 0 atom stereocenters. The van der Waals surface area contributed by atoms with Gasteiger partial charge in [-0.05, 0) is 31.0 Å². The molecule has 0 saturated carbocycles. The Balaban J connectivity index is 3.42. The Hall–Kier alpha value is -1.82. The average molecular weight is 203 g/mol. The normalized spacial score (nSPS) is 9.47. The fourth-order valence-electron chi connectivity index (χ4n) is 1.47. The lowest BCUT2D eigenvalue weighted by Gasteiger charge is -2.09. The topological polar surface area (TPSA) is 50.1 Å². The van der Waals surface area contributed by atoms with E-state index in [4.69, 9.17) is 10.00 Å². The second-order valence-electron chi connectivity index (χ2n) is 3.23. The van der Waals surface area contributed by atoms with E-state index in [0.29, 0.717) is 16.9 Å². The van der Waals surface area contributed by atoms with Crippen molar-refractivity contribution in [1.82, 2.24) is 0 Å². The maximum Gasteiger partial charge on any atom is 0.161 e. The quantitative estimate of drug-likeness (QED) is 0.708. The molecule has 0 heterocycles. The first-order chi connectivity index (χ1) is 7.13. The van der Waals surface area contributed by atoms with Crippen LogP contribution < -0.4 is 4.74 Å². The van der Waals surface area contributed by atoms with Crippen molar-refractivity contribution in [2.75, 3.05) is 7.11 Å². The van der Waals surface area contributed by atoms with E-state index in [1.165, 1.54) is 6.92 Å². The third-order valence-electron chi connectivity index (χ3n) is 2.30. The van der Waals surface area contributed by atoms with E-state index < -0.39 is 0 Å². The van der Waals surface area contributed by atoms with Gasteiger partial charge in [-0.15, -0.1) is 0 Å². The highest BCUT2D eigenvalue weighted by Gasteiger charge is 2.12. The van der Waals surface area contributed by atoms with Gasteiger partial charge in [0.2, 0.25) is 0 Å². The fraction of sp³-hybridized carbons (Fsp3) is 0.333. The molecule has 3 nitrogen and oxygen atoms in total. The molecule has 0 aliphatic carbocycles. The predicted molar refractivity (Wildman–Crippen MR) is 57.1 cm³/mol. The van der Waals surface area contributed by atoms with Crippen molar-refractivity contribution in [3.05, 3.63) is 28.8 Å². The first-order valence-corrected chi connectivity index (χ1v) is 4.76. The van der Waals surface area contributed by atoms with E-state index in [0.717, 1.165) is 12.0 Å². The summed E-state index contributed by atoms with van der Waals surface area (Å²) < 4.78 is 5.16. The molecule has 0 aromatic heterocycles. The second-order valence-corrected chi connectivity index (χ2v) is 3.23. The molecule has 0 aliphatic rings. The van der Waals surface area contributed by atoms with Crippen molar-refractivity contribution in [1.29, 1.82) is 5.26 Å². The van der Waals surface area contributed by atoms with Gasteiger partial charge in [0, 0.05) is 5.56 Å². The smallest absolute Gasteiger partial charge is 0.161 e. The number of carbonyl (C=O) groups is 1. The lowest BCUT2D eigenvalue weighted by Crippen LogP contribution is -2.01. The van der Waals surface area contributed by atoms with Crippen LogP contribution in [-0.4, -0.2) is 12.9 Å². The number of carbonyl (C=O) groups excluding carboxylic acids is 1. The van der Waals surface area contributed by atoms with Gasteiger partial charge in [-0.2, -0.15) is 5.26 Å². The van der Waals surface area contributed by atoms with Crippen LogP contribution in [0.2, 0.25) is 0 Å². The van der Waals surface area contributed by atoms with Crippen LogP contribution >= 0.6 is 0 Å². The molecule has 15 heavy (non-hydrogen) atoms. The molecule has 1 aromatic rings. The highest BCUT2D eigenvalue weighted by molar-refractivity contribution is 5.97. The summed E-state index contributed by atoms with van der Waals surface area (Å²) in [5.41, 5.74) is 1.78. The molecule has 0 bridgehead atoms. The lowest BCUT2D eigenvalue weighted by atomic mass is 10.00. The Labute approximate surface area is 89.3 Å². The molecule has 0 amide bonds. The van der Waals surface area contributed by atoms with Crippen LogP contribution in [0.15, 0.2) is 12.1 Å². The van der Waals surface area contributed by atoms with Crippen molar-refractivity contribution in [2.45, 2.75) is 20.3 Å². The summed E-state index contributed by atoms with van der Waals surface area (Å²) in [6.45, 7) is 3.42. The number of aryl methyl sites for hydroxylation is 1. The minimum Gasteiger partial charge on any atom is -0.496 e. The van der Waals surface area contributed by atoms with Crippen LogP contribution in [0.4, 0.5) is 0 Å². The molecule has 0 radical (unpaired) electrons. The summed E-state index contributed by atoms with van der Waals surface area (Å²) in [4.78, 5) is 11.3. The molecule has 0 spiro atoms. The Morgan fingerprint density at radius 2 is 2.20 bits per heavy atom. The number of nitriles is 1. The van der Waals surface area contributed by atoms with Gasteiger partial charge in [-0.1, -0.05) is 6.92 Å². The summed E-state index contributed by atoms with van der Waals surface area (Å²) in [6, 6.07) is 5.38. The molecule has 78 valence electrons. The molecular weight excluding hydrogens is 190 g/mol. The minimum absolute atomic E-state index is 0.118. The van der Waals surface area contributed by atoms with E-state index in [2.05, 4.69) is 0 Å². The van der Waals surface area contributed by atoms with Gasteiger partial charge in [0.1, 0.15) is 5.75 Å². The van der Waals surface area contributed by atoms with E-state index in [9.17, 15) is 4.79 Å². The van der Waals surface area contributed by atoms with Gasteiger partial charge in [-0.3, -0.25) is 4.79 Å². The van der Waals surface area contributed by atoms with Gasteiger partial charge in [0.25, 0.3) is 0 Å². The predicted octanol–water partition coefficient (Wildman–Crippen LogP) is 2.33. The first-order valence-electron chi connectivity index (χ1n) is 4.76. The second kappa shape index (κ2) is 4.61. The highest BCUT2D eigenvalue weighted by Crippen LogP contribution is 2.24. The zero-order valence-corrected chi connectivity index (χ0v) is 9.13. The highest BCUT2D eigenvalue weighted by atomic mass is 16.5. The molecule has 1 rings (SSSR count). The summed E-state index contributed by atoms with van der Waals surface area (Å²) >= 11 is 0. The molecule has 0 fully saturated rings. The fourth-order valence-corrected chi connectivity index (χ4v) is 1.47. The van der Waals surface area contributed by atoms with Crippen LogP contribution in [-0.2, 0) is 6.42 Å². The number of rotatable bonds is 3. The number of ether oxygens (including phenoxy) is 1. The largest absolute Gasteiger partial charge is 0.496 e. The molecule has 0 unspecified atom stereocenters. The molecule has 3 heteroatoms. The summed E-state index contributed by atoms with van der Waals surface area (Å²) in [5, 5.41) is 8.91. The number of hydrogen-bond donors (Lipinski definition) is 0. The van der Waals surface area contributed by atoms with Gasteiger partial charge < -0.3 is 4.74 Å². The van der Waals surface area contributed by atoms with Crippen LogP contribution in [0.1, 0.15) is 35.3 Å². The number of hydrogen-bond acceptors (Lipinski definition) is 3. The molecule has 0 aliphatic heterocycles. The Kier molecular flexibility index (Phi) is 3.46. The number of methoxy groups -OCH3 is 1. The molecule has 0 N–H and O–H groups in total. The Morgan fingerprint density at radius 1 is 1.53 bits per heavy atom. The van der Waals surface area contributed by atoms with Crippen molar-refractivity contribution >= 4 is 5.78 Å². The van der Waals surface area contributed by atoms with E-state index in [-0.39, 0.29) is 5.78 Å². The average Bonchev–Trinajstić information content (AvgIpc) is 2.26. The van der Waals surface area contributed by atoms with E-state index in [1.807, 2.05) is 13.0 Å². The zero-order chi connectivity index (χ0) is 11.4. The minimum atomic E-state index is -0.118. The lowest BCUT2D eigenvalue weighted by molar-refractivity contribution is 0.101. The van der Waals surface area contributed by atoms with E-state index >= 15 is 0 Å². The molecule has 1 aromatic carbocycles. The van der Waals surface area contributed by atoms with Crippen LogP contribution in [0.5, 0.6) is 5.75 Å². The van der Waals surface area contributed by atoms with Crippen molar-refractivity contribution in [3.8, 4) is 11.8 Å². The first kappa shape index (κ1) is 11.3. The SMILES string of the molecule is CCc1cc(C#N)c(C(C)=O)cc1OC. The van der Waals surface area contributed by atoms with Gasteiger partial charge >= 0.3 is 0 Å². The van der Waals surface area contributed by atoms with Gasteiger partial charge in [-0.25, -0.2) is 0 Å². The third-order valence-corrected chi connectivity index (χ3v) is 2.30. The zero-order valence-electron chi connectivity index (χ0n) is 9.13. The molecule has 0 saturated heterocycles.